The molecule has 0 aromatic carbocycles. The summed E-state index contributed by atoms with van der Waals surface area (Å²) in [7, 11) is 0. The summed E-state index contributed by atoms with van der Waals surface area (Å²) in [6.45, 7) is 9.00. The molecule has 3 nitrogen and oxygen atoms in total. The molecule has 0 saturated carbocycles. The van der Waals surface area contributed by atoms with Crippen LogP contribution in [0, 0.1) is 11.8 Å². The minimum absolute atomic E-state index is 0.385. The Morgan fingerprint density at radius 1 is 0.957 bits per heavy atom. The molecule has 0 saturated heterocycles. The molecule has 0 bridgehead atoms. The van der Waals surface area contributed by atoms with E-state index in [4.69, 9.17) is 3.39 Å². The third kappa shape index (κ3) is 11.8. The number of hydrogen-bond donors (Lipinski definition) is 2. The summed E-state index contributed by atoms with van der Waals surface area (Å²) < 4.78 is 6.82. The fraction of sp³-hybridized carbons (Fsp3) is 0.941. The molecule has 0 N–H and O–H groups in total. The number of nitrogens with zero attached hydrogens (tertiary/aromatic N) is 1. The summed E-state index contributed by atoms with van der Waals surface area (Å²) in [5, 5.41) is 0. The van der Waals surface area contributed by atoms with Crippen molar-refractivity contribution in [2.75, 3.05) is 0 Å². The summed E-state index contributed by atoms with van der Waals surface area (Å²) in [5.41, 5.74) is 0. The summed E-state index contributed by atoms with van der Waals surface area (Å²) in [6, 6.07) is 0. The topological polar surface area (TPSA) is 29.5 Å². The van der Waals surface area contributed by atoms with E-state index in [0.717, 1.165) is 13.3 Å². The van der Waals surface area contributed by atoms with Gasteiger partial charge in [0.05, 0.1) is 0 Å². The Morgan fingerprint density at radius 2 is 1.39 bits per heavy atom. The molecule has 0 aromatic heterocycles. The first-order valence-electron chi connectivity index (χ1n) is 9.05. The van der Waals surface area contributed by atoms with E-state index in [9.17, 15) is 4.79 Å². The quantitative estimate of drug-likeness (QED) is 0.238. The van der Waals surface area contributed by atoms with Crippen LogP contribution >= 0.6 is 25.6 Å². The molecule has 0 aliphatic heterocycles. The van der Waals surface area contributed by atoms with Crippen LogP contribution in [0.3, 0.4) is 0 Å². The van der Waals surface area contributed by atoms with Crippen LogP contribution in [0.15, 0.2) is 0 Å². The van der Waals surface area contributed by atoms with Gasteiger partial charge in [0.2, 0.25) is 0 Å². The standard InChI is InChI=1S/2C8H17.CH3NO2S2.Mo/c2*1-4-6-7-8(3)5-2;3-1(4)2(5)6;/h2*8H,3-7H2,1-2H3;5-6H,(H,3,4);/q;;;+1/p-1. The van der Waals surface area contributed by atoms with Gasteiger partial charge in [0, 0.05) is 0 Å². The third-order valence-electron chi connectivity index (χ3n) is 4.28. The first-order valence-corrected chi connectivity index (χ1v) is 13.5. The summed E-state index contributed by atoms with van der Waals surface area (Å²) in [6.07, 6.45) is 9.54. The van der Waals surface area contributed by atoms with Crippen molar-refractivity contribution in [1.29, 1.82) is 0 Å². The molecule has 0 aliphatic carbocycles. The monoisotopic (exact) mass is 448 g/mol. The van der Waals surface area contributed by atoms with E-state index in [1.165, 1.54) is 51.4 Å². The fourth-order valence-electron chi connectivity index (χ4n) is 2.59. The molecule has 1 amide bonds. The van der Waals surface area contributed by atoms with Gasteiger partial charge in [-0.2, -0.15) is 0 Å². The van der Waals surface area contributed by atoms with Crippen LogP contribution < -0.4 is 0 Å². The number of rotatable bonds is 13. The van der Waals surface area contributed by atoms with Crippen LogP contribution in [-0.2, 0) is 21.1 Å². The molecule has 2 atom stereocenters. The Bertz CT molecular complexity index is 288. The van der Waals surface area contributed by atoms with E-state index in [-0.39, 0.29) is 6.09 Å². The second-order valence-electron chi connectivity index (χ2n) is 6.24. The van der Waals surface area contributed by atoms with Gasteiger partial charge in [-0.25, -0.2) is 0 Å². The molecule has 0 aliphatic rings. The molecule has 0 spiro atoms. The zero-order valence-corrected chi connectivity index (χ0v) is 19.1. The van der Waals surface area contributed by atoms with Crippen LogP contribution in [0.4, 0.5) is 4.79 Å². The van der Waals surface area contributed by atoms with Gasteiger partial charge in [-0.05, 0) is 0 Å². The van der Waals surface area contributed by atoms with E-state index in [1.807, 2.05) is 0 Å². The second-order valence-corrected chi connectivity index (χ2v) is 11.6. The molecular formula is C17H36MoNO2S2. The van der Waals surface area contributed by atoms with Gasteiger partial charge in [0.15, 0.2) is 0 Å². The molecule has 2 unspecified atom stereocenters. The normalized spacial score (nSPS) is 13.9. The Labute approximate surface area is 161 Å². The number of hydrogen-bond acceptors (Lipinski definition) is 4. The Kier molecular flexibility index (Phi) is 15.4. The second kappa shape index (κ2) is 15.0. The number of unbranched alkanes of at least 4 members (excludes halogenated alkanes) is 2. The van der Waals surface area contributed by atoms with Crippen molar-refractivity contribution in [1.82, 2.24) is 3.71 Å². The molecular weight excluding hydrogens is 410 g/mol. The van der Waals surface area contributed by atoms with Crippen molar-refractivity contribution in [2.24, 2.45) is 11.8 Å². The van der Waals surface area contributed by atoms with E-state index in [0.29, 0.717) is 11.8 Å². The first kappa shape index (κ1) is 23.7. The van der Waals surface area contributed by atoms with Crippen molar-refractivity contribution >= 4 is 31.7 Å². The summed E-state index contributed by atoms with van der Waals surface area (Å²) in [4.78, 5) is 14.2. The SMILES string of the molecule is CCCCC(CC)[CH2][Mo]([CH2]C(CC)CCCC)[O]C(=O)N(S)S. The Balaban J connectivity index is 4.73. The predicted molar refractivity (Wildman–Crippen MR) is 103 cm³/mol. The van der Waals surface area contributed by atoms with Crippen LogP contribution in [0.1, 0.15) is 79.1 Å². The first-order chi connectivity index (χ1) is 11.0. The molecule has 6 heteroatoms. The number of thiol groups is 2. The number of carbonyl (C=O) groups excluding carboxylic acids is 1. The molecule has 23 heavy (non-hydrogen) atoms. The molecule has 0 fully saturated rings. The van der Waals surface area contributed by atoms with Crippen molar-refractivity contribution in [2.45, 2.75) is 88.7 Å². The van der Waals surface area contributed by atoms with E-state index in [1.54, 1.807) is 0 Å². The zero-order valence-electron chi connectivity index (χ0n) is 15.3. The number of carbonyl (C=O) groups is 1. The molecule has 0 aromatic rings. The van der Waals surface area contributed by atoms with E-state index >= 15 is 0 Å². The molecule has 0 heterocycles. The van der Waals surface area contributed by atoms with Gasteiger partial charge < -0.3 is 0 Å². The predicted octanol–water partition coefficient (Wildman–Crippen LogP) is 6.92. The van der Waals surface area contributed by atoms with Gasteiger partial charge in [0.25, 0.3) is 0 Å². The van der Waals surface area contributed by atoms with Crippen molar-refractivity contribution < 1.29 is 25.9 Å². The Hall–Kier alpha value is 0.658. The van der Waals surface area contributed by atoms with Crippen molar-refractivity contribution in [3.63, 3.8) is 0 Å². The minimum atomic E-state index is -1.92. The number of amides is 1. The van der Waals surface area contributed by atoms with Crippen LogP contribution in [0.2, 0.25) is 9.62 Å². The Morgan fingerprint density at radius 3 is 1.70 bits per heavy atom. The third-order valence-corrected chi connectivity index (χ3v) is 9.68. The van der Waals surface area contributed by atoms with E-state index in [2.05, 4.69) is 53.3 Å². The van der Waals surface area contributed by atoms with Crippen LogP contribution in [0.5, 0.6) is 0 Å². The molecule has 0 rings (SSSR count). The maximum atomic E-state index is 11.9. The van der Waals surface area contributed by atoms with Gasteiger partial charge in [0.1, 0.15) is 0 Å². The molecule has 0 radical (unpaired) electrons. The van der Waals surface area contributed by atoms with Gasteiger partial charge in [-0.1, -0.05) is 0 Å². The summed E-state index contributed by atoms with van der Waals surface area (Å²) >= 11 is 5.99. The maximum absolute atomic E-state index is 11.9. The van der Waals surface area contributed by atoms with Crippen LogP contribution in [-0.4, -0.2) is 9.80 Å². The fourth-order valence-corrected chi connectivity index (χ4v) is 8.88. The van der Waals surface area contributed by atoms with Gasteiger partial charge >= 0.3 is 162 Å². The van der Waals surface area contributed by atoms with Gasteiger partial charge in [-0.3, -0.25) is 0 Å². The van der Waals surface area contributed by atoms with E-state index < -0.39 is 17.7 Å². The zero-order chi connectivity index (χ0) is 17.7. The van der Waals surface area contributed by atoms with Gasteiger partial charge in [-0.15, -0.1) is 0 Å². The van der Waals surface area contributed by atoms with Crippen LogP contribution in [0.25, 0.3) is 0 Å². The summed E-state index contributed by atoms with van der Waals surface area (Å²) in [5.74, 6) is 1.41. The van der Waals surface area contributed by atoms with Crippen molar-refractivity contribution in [3.05, 3.63) is 0 Å². The van der Waals surface area contributed by atoms with Crippen molar-refractivity contribution in [3.8, 4) is 0 Å². The average molecular weight is 447 g/mol. The molecule has 139 valence electrons. The average Bonchev–Trinajstić information content (AvgIpc) is 2.54.